The second-order valence-corrected chi connectivity index (χ2v) is 7.28. The van der Waals surface area contributed by atoms with Crippen LogP contribution in [0.1, 0.15) is 16.7 Å². The first-order valence-corrected chi connectivity index (χ1v) is 9.21. The first-order valence-electron chi connectivity index (χ1n) is 9.21. The average molecular weight is 356 g/mol. The Morgan fingerprint density at radius 1 is 0.778 bits per heavy atom. The standard InChI is InChI=1S/C25H23FN/c1-16-13-17(2)18(3)22(14-16)25-15-23(19-9-11-20(26)12-10-19)21-7-5-6-8-24(21)27(25)4/h5-15H,1-4H3/q+1. The van der Waals surface area contributed by atoms with Crippen LogP contribution in [0.25, 0.3) is 33.3 Å². The van der Waals surface area contributed by atoms with Crippen molar-refractivity contribution < 1.29 is 8.96 Å². The van der Waals surface area contributed by atoms with Gasteiger partial charge in [-0.1, -0.05) is 35.9 Å². The monoisotopic (exact) mass is 356 g/mol. The second kappa shape index (κ2) is 6.62. The largest absolute Gasteiger partial charge is 0.213 e. The predicted octanol–water partition coefficient (Wildman–Crippen LogP) is 6.06. The summed E-state index contributed by atoms with van der Waals surface area (Å²) < 4.78 is 15.7. The van der Waals surface area contributed by atoms with Gasteiger partial charge in [0.2, 0.25) is 11.2 Å². The minimum Gasteiger partial charge on any atom is -0.207 e. The fraction of sp³-hybridized carbons (Fsp3) is 0.160. The average Bonchev–Trinajstić information content (AvgIpc) is 2.66. The van der Waals surface area contributed by atoms with Crippen molar-refractivity contribution in [3.63, 3.8) is 0 Å². The highest BCUT2D eigenvalue weighted by atomic mass is 19.1. The van der Waals surface area contributed by atoms with Crippen LogP contribution in [0, 0.1) is 26.6 Å². The number of fused-ring (bicyclic) bond motifs is 1. The number of nitrogens with zero attached hydrogens (tertiary/aromatic N) is 1. The van der Waals surface area contributed by atoms with Crippen molar-refractivity contribution in [3.05, 3.63) is 89.2 Å². The number of hydrogen-bond donors (Lipinski definition) is 0. The molecule has 2 heteroatoms. The maximum atomic E-state index is 13.5. The molecule has 0 amide bonds. The Morgan fingerprint density at radius 2 is 1.48 bits per heavy atom. The Morgan fingerprint density at radius 3 is 2.22 bits per heavy atom. The molecule has 1 aromatic heterocycles. The number of para-hydroxylation sites is 1. The van der Waals surface area contributed by atoms with Gasteiger partial charge in [0.1, 0.15) is 12.9 Å². The molecule has 0 aliphatic heterocycles. The van der Waals surface area contributed by atoms with Crippen molar-refractivity contribution in [2.45, 2.75) is 20.8 Å². The van der Waals surface area contributed by atoms with Crippen LogP contribution in [0.5, 0.6) is 0 Å². The van der Waals surface area contributed by atoms with Crippen LogP contribution in [-0.2, 0) is 7.05 Å². The van der Waals surface area contributed by atoms with E-state index in [2.05, 4.69) is 74.9 Å². The minimum atomic E-state index is -0.213. The molecular weight excluding hydrogens is 333 g/mol. The third-order valence-electron chi connectivity index (χ3n) is 5.44. The van der Waals surface area contributed by atoms with Gasteiger partial charge in [-0.3, -0.25) is 0 Å². The quantitative estimate of drug-likeness (QED) is 0.384. The molecule has 0 saturated heterocycles. The molecule has 3 aromatic carbocycles. The number of aryl methyl sites for hydroxylation is 3. The Kier molecular flexibility index (Phi) is 4.27. The highest BCUT2D eigenvalue weighted by Crippen LogP contribution is 2.33. The van der Waals surface area contributed by atoms with Crippen LogP contribution >= 0.6 is 0 Å². The van der Waals surface area contributed by atoms with Gasteiger partial charge in [0.15, 0.2) is 0 Å². The Bertz CT molecular complexity index is 1160. The fourth-order valence-electron chi connectivity index (χ4n) is 3.87. The fourth-order valence-corrected chi connectivity index (χ4v) is 3.87. The molecule has 4 rings (SSSR count). The molecule has 27 heavy (non-hydrogen) atoms. The van der Waals surface area contributed by atoms with Crippen molar-refractivity contribution in [1.82, 2.24) is 0 Å². The SMILES string of the molecule is Cc1cc(C)c(C)c(-c2cc(-c3ccc(F)cc3)c3ccccc3[n+]2C)c1. The lowest BCUT2D eigenvalue weighted by atomic mass is 9.93. The first kappa shape index (κ1) is 17.4. The molecule has 0 spiro atoms. The van der Waals surface area contributed by atoms with Crippen molar-refractivity contribution in [2.75, 3.05) is 0 Å². The highest BCUT2D eigenvalue weighted by molar-refractivity contribution is 5.94. The second-order valence-electron chi connectivity index (χ2n) is 7.28. The number of halogens is 1. The van der Waals surface area contributed by atoms with Gasteiger partial charge in [-0.15, -0.1) is 0 Å². The molecule has 0 aliphatic carbocycles. The van der Waals surface area contributed by atoms with Crippen LogP contribution in [0.15, 0.2) is 66.7 Å². The van der Waals surface area contributed by atoms with Crippen LogP contribution < -0.4 is 4.57 Å². The van der Waals surface area contributed by atoms with E-state index in [1.807, 2.05) is 12.1 Å². The number of benzene rings is 3. The molecule has 0 radical (unpaired) electrons. The van der Waals surface area contributed by atoms with E-state index >= 15 is 0 Å². The first-order chi connectivity index (χ1) is 13.0. The van der Waals surface area contributed by atoms with Gasteiger partial charge in [-0.05, 0) is 61.7 Å². The van der Waals surface area contributed by atoms with Crippen molar-refractivity contribution >= 4 is 10.9 Å². The van der Waals surface area contributed by atoms with E-state index in [0.717, 1.165) is 27.7 Å². The topological polar surface area (TPSA) is 3.88 Å². The summed E-state index contributed by atoms with van der Waals surface area (Å²) in [6, 6.07) is 21.9. The molecule has 0 N–H and O–H groups in total. The summed E-state index contributed by atoms with van der Waals surface area (Å²) in [4.78, 5) is 0. The molecule has 0 unspecified atom stereocenters. The summed E-state index contributed by atoms with van der Waals surface area (Å²) in [6.07, 6.45) is 0. The molecule has 0 atom stereocenters. The lowest BCUT2D eigenvalue weighted by Crippen LogP contribution is -2.32. The molecular formula is C25H23FN+. The van der Waals surface area contributed by atoms with Gasteiger partial charge in [0.05, 0.1) is 5.39 Å². The number of rotatable bonds is 2. The summed E-state index contributed by atoms with van der Waals surface area (Å²) in [6.45, 7) is 6.47. The van der Waals surface area contributed by atoms with Crippen molar-refractivity contribution in [3.8, 4) is 22.4 Å². The summed E-state index contributed by atoms with van der Waals surface area (Å²) >= 11 is 0. The molecule has 0 bridgehead atoms. The lowest BCUT2D eigenvalue weighted by molar-refractivity contribution is -0.633. The Balaban J connectivity index is 2.09. The normalized spacial score (nSPS) is 11.1. The van der Waals surface area contributed by atoms with Crippen molar-refractivity contribution in [2.24, 2.45) is 7.05 Å². The molecule has 0 saturated carbocycles. The molecule has 1 nitrogen and oxygen atoms in total. The number of aromatic nitrogens is 1. The summed E-state index contributed by atoms with van der Waals surface area (Å²) in [7, 11) is 2.11. The Hall–Kier alpha value is -3.00. The van der Waals surface area contributed by atoms with E-state index in [1.54, 1.807) is 0 Å². The summed E-state index contributed by atoms with van der Waals surface area (Å²) in [5, 5.41) is 1.16. The van der Waals surface area contributed by atoms with Crippen LogP contribution in [-0.4, -0.2) is 0 Å². The molecule has 0 fully saturated rings. The van der Waals surface area contributed by atoms with Crippen molar-refractivity contribution in [1.29, 1.82) is 0 Å². The van der Waals surface area contributed by atoms with Gasteiger partial charge >= 0.3 is 0 Å². The smallest absolute Gasteiger partial charge is 0.207 e. The van der Waals surface area contributed by atoms with Gasteiger partial charge < -0.3 is 0 Å². The Labute approximate surface area is 159 Å². The third kappa shape index (κ3) is 3.02. The molecule has 1 heterocycles. The van der Waals surface area contributed by atoms with Crippen LogP contribution in [0.4, 0.5) is 4.39 Å². The molecule has 4 aromatic rings. The molecule has 134 valence electrons. The van der Waals surface area contributed by atoms with E-state index in [4.69, 9.17) is 0 Å². The van der Waals surface area contributed by atoms with E-state index in [-0.39, 0.29) is 5.82 Å². The zero-order valence-electron chi connectivity index (χ0n) is 16.2. The summed E-state index contributed by atoms with van der Waals surface area (Å²) in [5.74, 6) is -0.213. The number of hydrogen-bond acceptors (Lipinski definition) is 0. The van der Waals surface area contributed by atoms with E-state index in [1.165, 1.54) is 34.4 Å². The van der Waals surface area contributed by atoms with Gasteiger partial charge in [0.25, 0.3) is 0 Å². The van der Waals surface area contributed by atoms with Gasteiger partial charge in [-0.2, -0.15) is 4.57 Å². The predicted molar refractivity (Wildman–Crippen MR) is 110 cm³/mol. The molecule has 0 aliphatic rings. The minimum absolute atomic E-state index is 0.213. The zero-order valence-corrected chi connectivity index (χ0v) is 16.2. The third-order valence-corrected chi connectivity index (χ3v) is 5.44. The maximum Gasteiger partial charge on any atom is 0.213 e. The van der Waals surface area contributed by atoms with Gasteiger partial charge in [-0.25, -0.2) is 4.39 Å². The van der Waals surface area contributed by atoms with Crippen LogP contribution in [0.2, 0.25) is 0 Å². The van der Waals surface area contributed by atoms with E-state index < -0.39 is 0 Å². The van der Waals surface area contributed by atoms with E-state index in [9.17, 15) is 4.39 Å². The maximum absolute atomic E-state index is 13.5. The lowest BCUT2D eigenvalue weighted by Gasteiger charge is -2.13. The summed E-state index contributed by atoms with van der Waals surface area (Å²) in [5.41, 5.74) is 9.55. The zero-order chi connectivity index (χ0) is 19.1. The van der Waals surface area contributed by atoms with E-state index in [0.29, 0.717) is 0 Å². The van der Waals surface area contributed by atoms with Crippen LogP contribution in [0.3, 0.4) is 0 Å². The number of pyridine rings is 1. The highest BCUT2D eigenvalue weighted by Gasteiger charge is 2.20. The van der Waals surface area contributed by atoms with Gasteiger partial charge in [0, 0.05) is 23.3 Å².